The van der Waals surface area contributed by atoms with Crippen molar-refractivity contribution in [2.45, 2.75) is 25.8 Å². The number of nitrogens with one attached hydrogen (secondary N) is 1. The van der Waals surface area contributed by atoms with Gasteiger partial charge >= 0.3 is 0 Å². The van der Waals surface area contributed by atoms with Crippen molar-refractivity contribution in [1.29, 1.82) is 0 Å². The lowest BCUT2D eigenvalue weighted by Gasteiger charge is -2.23. The minimum atomic E-state index is -2.94. The summed E-state index contributed by atoms with van der Waals surface area (Å²) < 4.78 is 33.4. The van der Waals surface area contributed by atoms with Gasteiger partial charge in [0.05, 0.1) is 19.8 Å². The number of hydrogen-bond donors (Lipinski definition) is 1. The van der Waals surface area contributed by atoms with Gasteiger partial charge < -0.3 is 14.8 Å². The smallest absolute Gasteiger partial charge is 0.147 e. The van der Waals surface area contributed by atoms with Gasteiger partial charge in [0.15, 0.2) is 0 Å². The van der Waals surface area contributed by atoms with Gasteiger partial charge in [-0.3, -0.25) is 0 Å². The summed E-state index contributed by atoms with van der Waals surface area (Å²) in [5.41, 5.74) is 0.942. The lowest BCUT2D eigenvalue weighted by atomic mass is 10.00. The summed E-state index contributed by atoms with van der Waals surface area (Å²) in [7, 11) is 0.307. The third-order valence-electron chi connectivity index (χ3n) is 3.27. The summed E-state index contributed by atoms with van der Waals surface area (Å²) in [6, 6.07) is 5.65. The van der Waals surface area contributed by atoms with Gasteiger partial charge in [-0.25, -0.2) is 8.42 Å². The fraction of sp³-hybridized carbons (Fsp3) is 0.600. The number of ether oxygens (including phenoxy) is 2. The van der Waals surface area contributed by atoms with Crippen molar-refractivity contribution in [2.24, 2.45) is 0 Å². The van der Waals surface area contributed by atoms with Gasteiger partial charge in [-0.2, -0.15) is 0 Å². The molecule has 0 aliphatic carbocycles. The summed E-state index contributed by atoms with van der Waals surface area (Å²) in [6.45, 7) is 2.80. The molecule has 0 spiro atoms. The topological polar surface area (TPSA) is 64.6 Å². The first kappa shape index (κ1) is 17.8. The van der Waals surface area contributed by atoms with E-state index in [0.29, 0.717) is 12.8 Å². The van der Waals surface area contributed by atoms with Crippen LogP contribution < -0.4 is 14.8 Å². The minimum absolute atomic E-state index is 0.00264. The molecule has 0 aliphatic heterocycles. The average Bonchev–Trinajstić information content (AvgIpc) is 2.44. The van der Waals surface area contributed by atoms with E-state index in [9.17, 15) is 8.42 Å². The number of benzene rings is 1. The van der Waals surface area contributed by atoms with E-state index in [1.54, 1.807) is 14.2 Å². The number of sulfone groups is 1. The molecule has 1 aromatic rings. The maximum atomic E-state index is 11.3. The Morgan fingerprint density at radius 2 is 1.76 bits per heavy atom. The molecule has 1 aromatic carbocycles. The van der Waals surface area contributed by atoms with Crippen LogP contribution in [-0.4, -0.2) is 41.2 Å². The number of rotatable bonds is 9. The molecule has 1 N–H and O–H groups in total. The highest BCUT2D eigenvalue weighted by Gasteiger charge is 2.20. The summed E-state index contributed by atoms with van der Waals surface area (Å²) in [6.07, 6.45) is 2.56. The number of methoxy groups -OCH3 is 2. The molecule has 21 heavy (non-hydrogen) atoms. The van der Waals surface area contributed by atoms with Gasteiger partial charge in [-0.15, -0.1) is 0 Å². The molecule has 0 radical (unpaired) electrons. The lowest BCUT2D eigenvalue weighted by molar-refractivity contribution is 0.366. The van der Waals surface area contributed by atoms with Crippen molar-refractivity contribution in [2.75, 3.05) is 32.8 Å². The van der Waals surface area contributed by atoms with E-state index in [1.807, 2.05) is 25.1 Å². The van der Waals surface area contributed by atoms with E-state index in [1.165, 1.54) is 6.26 Å². The van der Waals surface area contributed by atoms with Crippen molar-refractivity contribution in [3.05, 3.63) is 23.8 Å². The summed E-state index contributed by atoms with van der Waals surface area (Å²) in [4.78, 5) is 0. The van der Waals surface area contributed by atoms with Gasteiger partial charge in [-0.05, 0) is 31.5 Å². The molecule has 120 valence electrons. The standard InChI is InChI=1S/C15H25NO4S/c1-5-16-12(8-7-11-21(4,17)18)15-13(19-2)9-6-10-14(15)20-3/h6,9-10,12,16H,5,7-8,11H2,1-4H3. The zero-order valence-corrected chi connectivity index (χ0v) is 14.0. The Hall–Kier alpha value is -1.27. The first-order valence-electron chi connectivity index (χ1n) is 7.05. The molecule has 0 heterocycles. The highest BCUT2D eigenvalue weighted by molar-refractivity contribution is 7.90. The monoisotopic (exact) mass is 315 g/mol. The van der Waals surface area contributed by atoms with Crippen molar-refractivity contribution in [3.8, 4) is 11.5 Å². The van der Waals surface area contributed by atoms with Crippen molar-refractivity contribution >= 4 is 9.84 Å². The molecule has 6 heteroatoms. The van der Waals surface area contributed by atoms with Gasteiger partial charge in [-0.1, -0.05) is 13.0 Å². The summed E-state index contributed by atoms with van der Waals surface area (Å²) >= 11 is 0. The summed E-state index contributed by atoms with van der Waals surface area (Å²) in [5.74, 6) is 1.69. The second kappa shape index (κ2) is 8.24. The molecule has 5 nitrogen and oxygen atoms in total. The molecule has 1 atom stereocenters. The van der Waals surface area contributed by atoms with Crippen molar-refractivity contribution in [1.82, 2.24) is 5.32 Å². The van der Waals surface area contributed by atoms with Crippen LogP contribution in [0.4, 0.5) is 0 Å². The molecule has 0 amide bonds. The van der Waals surface area contributed by atoms with Gasteiger partial charge in [0.25, 0.3) is 0 Å². The normalized spacial score (nSPS) is 13.0. The Kier molecular flexibility index (Phi) is 6.98. The lowest BCUT2D eigenvalue weighted by Crippen LogP contribution is -2.23. The Balaban J connectivity index is 2.99. The Morgan fingerprint density at radius 1 is 1.19 bits per heavy atom. The Bertz CT molecular complexity index is 520. The second-order valence-electron chi connectivity index (χ2n) is 4.96. The van der Waals surface area contributed by atoms with Crippen LogP contribution in [0.1, 0.15) is 31.4 Å². The van der Waals surface area contributed by atoms with Gasteiger partial charge in [0.1, 0.15) is 21.3 Å². The molecular weight excluding hydrogens is 290 g/mol. The summed E-state index contributed by atoms with van der Waals surface area (Å²) in [5, 5.41) is 3.38. The van der Waals surface area contributed by atoms with E-state index < -0.39 is 9.84 Å². The highest BCUT2D eigenvalue weighted by atomic mass is 32.2. The molecule has 1 unspecified atom stereocenters. The van der Waals surface area contributed by atoms with Gasteiger partial charge in [0, 0.05) is 18.1 Å². The maximum Gasteiger partial charge on any atom is 0.147 e. The van der Waals surface area contributed by atoms with E-state index in [4.69, 9.17) is 9.47 Å². The van der Waals surface area contributed by atoms with E-state index >= 15 is 0 Å². The molecule has 0 bridgehead atoms. The minimum Gasteiger partial charge on any atom is -0.496 e. The van der Waals surface area contributed by atoms with Crippen LogP contribution in [0.2, 0.25) is 0 Å². The molecular formula is C15H25NO4S. The SMILES string of the molecule is CCNC(CCCS(C)(=O)=O)c1c(OC)cccc1OC. The molecule has 0 aromatic heterocycles. The van der Waals surface area contributed by atoms with Crippen molar-refractivity contribution in [3.63, 3.8) is 0 Å². The molecule has 0 saturated carbocycles. The Labute approximate surface area is 127 Å². The quantitative estimate of drug-likeness (QED) is 0.756. The third-order valence-corrected chi connectivity index (χ3v) is 4.30. The molecule has 0 saturated heterocycles. The predicted molar refractivity (Wildman–Crippen MR) is 84.9 cm³/mol. The van der Waals surface area contributed by atoms with Gasteiger partial charge in [0.2, 0.25) is 0 Å². The fourth-order valence-corrected chi connectivity index (χ4v) is 3.06. The van der Waals surface area contributed by atoms with Crippen LogP contribution in [0.5, 0.6) is 11.5 Å². The maximum absolute atomic E-state index is 11.3. The molecule has 0 aliphatic rings. The van der Waals surface area contributed by atoms with E-state index in [2.05, 4.69) is 5.32 Å². The van der Waals surface area contributed by atoms with E-state index in [-0.39, 0.29) is 11.8 Å². The second-order valence-corrected chi connectivity index (χ2v) is 7.22. The van der Waals surface area contributed by atoms with Crippen molar-refractivity contribution < 1.29 is 17.9 Å². The van der Waals surface area contributed by atoms with Crippen LogP contribution in [0.25, 0.3) is 0 Å². The highest BCUT2D eigenvalue weighted by Crippen LogP contribution is 2.36. The van der Waals surface area contributed by atoms with Crippen LogP contribution >= 0.6 is 0 Å². The van der Waals surface area contributed by atoms with Crippen LogP contribution in [0, 0.1) is 0 Å². The number of hydrogen-bond acceptors (Lipinski definition) is 5. The third kappa shape index (κ3) is 5.55. The fourth-order valence-electron chi connectivity index (χ4n) is 2.37. The zero-order chi connectivity index (χ0) is 15.9. The van der Waals surface area contributed by atoms with Crippen LogP contribution in [0.15, 0.2) is 18.2 Å². The molecule has 1 rings (SSSR count). The first-order valence-corrected chi connectivity index (χ1v) is 9.11. The predicted octanol–water partition coefficient (Wildman–Crippen LogP) is 2.18. The van der Waals surface area contributed by atoms with Crippen LogP contribution in [-0.2, 0) is 9.84 Å². The largest absolute Gasteiger partial charge is 0.496 e. The first-order chi connectivity index (χ1) is 9.92. The van der Waals surface area contributed by atoms with E-state index in [0.717, 1.165) is 23.6 Å². The van der Waals surface area contributed by atoms with Crippen LogP contribution in [0.3, 0.4) is 0 Å². The zero-order valence-electron chi connectivity index (χ0n) is 13.2. The Morgan fingerprint density at radius 3 is 2.19 bits per heavy atom. The average molecular weight is 315 g/mol. The molecule has 0 fully saturated rings.